The molecule has 1 saturated heterocycles. The lowest BCUT2D eigenvalue weighted by Crippen LogP contribution is -2.22. The van der Waals surface area contributed by atoms with Gasteiger partial charge >= 0.3 is 0 Å². The average Bonchev–Trinajstić information content (AvgIpc) is 2.87. The minimum atomic E-state index is -3.77. The van der Waals surface area contributed by atoms with Gasteiger partial charge in [0.1, 0.15) is 10.6 Å². The van der Waals surface area contributed by atoms with Crippen LogP contribution in [-0.2, 0) is 10.0 Å². The van der Waals surface area contributed by atoms with Gasteiger partial charge in [-0.1, -0.05) is 6.07 Å². The van der Waals surface area contributed by atoms with Gasteiger partial charge in [0.25, 0.3) is 0 Å². The first-order chi connectivity index (χ1) is 9.88. The van der Waals surface area contributed by atoms with Gasteiger partial charge in [-0.3, -0.25) is 0 Å². The molecule has 0 aromatic heterocycles. The molecular formula is C15H24N2O3S. The Kier molecular flexibility index (Phi) is 5.24. The highest BCUT2D eigenvalue weighted by atomic mass is 32.2. The van der Waals surface area contributed by atoms with Crippen LogP contribution in [0.2, 0.25) is 0 Å². The maximum Gasteiger partial charge on any atom is 0.241 e. The Hall–Kier alpha value is -1.11. The predicted octanol–water partition coefficient (Wildman–Crippen LogP) is 1.82. The van der Waals surface area contributed by atoms with E-state index in [-0.39, 0.29) is 4.90 Å². The molecule has 0 radical (unpaired) electrons. The average molecular weight is 312 g/mol. The maximum atomic E-state index is 11.7. The minimum absolute atomic E-state index is 0.0844. The summed E-state index contributed by atoms with van der Waals surface area (Å²) in [5.41, 5.74) is 1.67. The summed E-state index contributed by atoms with van der Waals surface area (Å²) in [6.07, 6.45) is 3.43. The van der Waals surface area contributed by atoms with Crippen molar-refractivity contribution < 1.29 is 13.2 Å². The second kappa shape index (κ2) is 6.77. The van der Waals surface area contributed by atoms with E-state index in [0.717, 1.165) is 37.2 Å². The van der Waals surface area contributed by atoms with Gasteiger partial charge in [-0.25, -0.2) is 13.6 Å². The highest BCUT2D eigenvalue weighted by Gasteiger charge is 2.18. The number of ether oxygens (including phenoxy) is 1. The Balaban J connectivity index is 2.01. The summed E-state index contributed by atoms with van der Waals surface area (Å²) in [4.78, 5) is 2.49. The first kappa shape index (κ1) is 16.3. The van der Waals surface area contributed by atoms with Crippen LogP contribution in [0, 0.1) is 13.8 Å². The molecule has 6 heteroatoms. The monoisotopic (exact) mass is 312 g/mol. The summed E-state index contributed by atoms with van der Waals surface area (Å²) in [7, 11) is -3.77. The van der Waals surface area contributed by atoms with Crippen LogP contribution in [-0.4, -0.2) is 39.6 Å². The summed E-state index contributed by atoms with van der Waals surface area (Å²) < 4.78 is 29.1. The number of hydrogen-bond acceptors (Lipinski definition) is 4. The molecule has 1 aromatic carbocycles. The van der Waals surface area contributed by atoms with Gasteiger partial charge in [0.15, 0.2) is 0 Å². The maximum absolute atomic E-state index is 11.7. The van der Waals surface area contributed by atoms with Gasteiger partial charge in [0.05, 0.1) is 6.61 Å². The Morgan fingerprint density at radius 3 is 2.52 bits per heavy atom. The van der Waals surface area contributed by atoms with Crippen molar-refractivity contribution in [1.82, 2.24) is 4.90 Å². The number of rotatable bonds is 6. The molecule has 0 spiro atoms. The normalized spacial score (nSPS) is 16.3. The molecule has 0 atom stereocenters. The molecule has 0 unspecified atom stereocenters. The number of likely N-dealkylation sites (tertiary alicyclic amines) is 1. The quantitative estimate of drug-likeness (QED) is 0.813. The molecule has 0 saturated carbocycles. The molecule has 1 aliphatic rings. The second-order valence-corrected chi connectivity index (χ2v) is 7.23. The predicted molar refractivity (Wildman–Crippen MR) is 83.1 cm³/mol. The summed E-state index contributed by atoms with van der Waals surface area (Å²) >= 11 is 0. The number of aryl methyl sites for hydroxylation is 2. The second-order valence-electron chi connectivity index (χ2n) is 5.70. The van der Waals surface area contributed by atoms with E-state index in [9.17, 15) is 8.42 Å². The van der Waals surface area contributed by atoms with E-state index in [1.54, 1.807) is 6.07 Å². The van der Waals surface area contributed by atoms with Crippen molar-refractivity contribution >= 4 is 10.0 Å². The molecule has 0 amide bonds. The van der Waals surface area contributed by atoms with E-state index >= 15 is 0 Å². The van der Waals surface area contributed by atoms with E-state index < -0.39 is 10.0 Å². The van der Waals surface area contributed by atoms with E-state index in [2.05, 4.69) is 4.90 Å². The third-order valence-corrected chi connectivity index (χ3v) is 4.67. The zero-order valence-electron chi connectivity index (χ0n) is 12.8. The molecule has 0 aliphatic carbocycles. The molecule has 118 valence electrons. The number of nitrogens with zero attached hydrogens (tertiary/aromatic N) is 1. The number of benzene rings is 1. The Labute approximate surface area is 127 Å². The zero-order chi connectivity index (χ0) is 15.5. The highest BCUT2D eigenvalue weighted by molar-refractivity contribution is 7.89. The van der Waals surface area contributed by atoms with Crippen LogP contribution >= 0.6 is 0 Å². The Morgan fingerprint density at radius 2 is 1.90 bits per heavy atom. The van der Waals surface area contributed by atoms with Gasteiger partial charge in [-0.2, -0.15) is 0 Å². The van der Waals surface area contributed by atoms with Crippen molar-refractivity contribution in [3.63, 3.8) is 0 Å². The lowest BCUT2D eigenvalue weighted by atomic mass is 10.1. The SMILES string of the molecule is Cc1cc(C)c(OCCCN2CCCC2)c(S(N)(=O)=O)c1. The van der Waals surface area contributed by atoms with Crippen molar-refractivity contribution in [1.29, 1.82) is 0 Å². The fraction of sp³-hybridized carbons (Fsp3) is 0.600. The molecule has 5 nitrogen and oxygen atoms in total. The fourth-order valence-corrected chi connectivity index (χ4v) is 3.61. The van der Waals surface area contributed by atoms with Crippen molar-refractivity contribution in [2.45, 2.75) is 38.0 Å². The number of primary sulfonamides is 1. The topological polar surface area (TPSA) is 72.6 Å². The van der Waals surface area contributed by atoms with Crippen LogP contribution in [0.1, 0.15) is 30.4 Å². The lowest BCUT2D eigenvalue weighted by Gasteiger charge is -2.17. The van der Waals surface area contributed by atoms with Crippen molar-refractivity contribution in [2.75, 3.05) is 26.2 Å². The largest absolute Gasteiger partial charge is 0.492 e. The molecule has 1 heterocycles. The Bertz CT molecular complexity index is 593. The molecule has 0 bridgehead atoms. The van der Waals surface area contributed by atoms with Gasteiger partial charge in [0.2, 0.25) is 10.0 Å². The van der Waals surface area contributed by atoms with Crippen molar-refractivity contribution in [2.24, 2.45) is 5.14 Å². The molecule has 21 heavy (non-hydrogen) atoms. The summed E-state index contributed by atoms with van der Waals surface area (Å²) in [6.45, 7) is 7.51. The summed E-state index contributed by atoms with van der Waals surface area (Å²) in [5.74, 6) is 0.393. The highest BCUT2D eigenvalue weighted by Crippen LogP contribution is 2.28. The lowest BCUT2D eigenvalue weighted by molar-refractivity contribution is 0.258. The first-order valence-electron chi connectivity index (χ1n) is 7.37. The zero-order valence-corrected chi connectivity index (χ0v) is 13.6. The van der Waals surface area contributed by atoms with Crippen LogP contribution < -0.4 is 9.88 Å². The number of nitrogens with two attached hydrogens (primary N) is 1. The van der Waals surface area contributed by atoms with Gasteiger partial charge in [-0.15, -0.1) is 0 Å². The van der Waals surface area contributed by atoms with Crippen molar-refractivity contribution in [3.05, 3.63) is 23.3 Å². The number of hydrogen-bond donors (Lipinski definition) is 1. The summed E-state index contributed by atoms with van der Waals surface area (Å²) in [5, 5.41) is 5.28. The van der Waals surface area contributed by atoms with Crippen molar-refractivity contribution in [3.8, 4) is 5.75 Å². The van der Waals surface area contributed by atoms with E-state index in [4.69, 9.17) is 9.88 Å². The van der Waals surface area contributed by atoms with Crippen LogP contribution in [0.15, 0.2) is 17.0 Å². The summed E-state index contributed by atoms with van der Waals surface area (Å²) in [6, 6.07) is 3.47. The third-order valence-electron chi connectivity index (χ3n) is 3.76. The van der Waals surface area contributed by atoms with Crippen LogP contribution in [0.5, 0.6) is 5.75 Å². The van der Waals surface area contributed by atoms with E-state index in [1.807, 2.05) is 19.9 Å². The Morgan fingerprint density at radius 1 is 1.24 bits per heavy atom. The fourth-order valence-electron chi connectivity index (χ4n) is 2.78. The smallest absolute Gasteiger partial charge is 0.241 e. The molecule has 1 aromatic rings. The van der Waals surface area contributed by atoms with Gasteiger partial charge in [0, 0.05) is 6.54 Å². The van der Waals surface area contributed by atoms with Crippen LogP contribution in [0.25, 0.3) is 0 Å². The number of sulfonamides is 1. The standard InChI is InChI=1S/C15H24N2O3S/c1-12-10-13(2)15(14(11-12)21(16,18)19)20-9-5-8-17-6-3-4-7-17/h10-11H,3-9H2,1-2H3,(H2,16,18,19). The first-order valence-corrected chi connectivity index (χ1v) is 8.92. The van der Waals surface area contributed by atoms with Gasteiger partial charge < -0.3 is 9.64 Å². The van der Waals surface area contributed by atoms with Gasteiger partial charge in [-0.05, 0) is 63.4 Å². The van der Waals surface area contributed by atoms with Crippen LogP contribution in [0.4, 0.5) is 0 Å². The molecule has 2 rings (SSSR count). The molecular weight excluding hydrogens is 288 g/mol. The van der Waals surface area contributed by atoms with E-state index in [0.29, 0.717) is 12.4 Å². The molecule has 2 N–H and O–H groups in total. The van der Waals surface area contributed by atoms with Crippen LogP contribution in [0.3, 0.4) is 0 Å². The third kappa shape index (κ3) is 4.43. The molecule has 1 aliphatic heterocycles. The van der Waals surface area contributed by atoms with E-state index in [1.165, 1.54) is 12.8 Å². The minimum Gasteiger partial charge on any atom is -0.492 e. The molecule has 1 fully saturated rings.